The topological polar surface area (TPSA) is 57.4 Å². The molecular formula is C14H25N5O. The highest BCUT2D eigenvalue weighted by molar-refractivity contribution is 4.97. The van der Waals surface area contributed by atoms with Crippen LogP contribution in [-0.4, -0.2) is 60.2 Å². The van der Waals surface area contributed by atoms with Crippen molar-refractivity contribution < 1.29 is 4.52 Å². The van der Waals surface area contributed by atoms with Crippen LogP contribution in [0.5, 0.6) is 0 Å². The average Bonchev–Trinajstić information content (AvgIpc) is 3.15. The molecule has 6 heteroatoms. The van der Waals surface area contributed by atoms with E-state index in [0.717, 1.165) is 37.9 Å². The molecule has 0 radical (unpaired) electrons. The summed E-state index contributed by atoms with van der Waals surface area (Å²) in [5.41, 5.74) is 0. The zero-order valence-corrected chi connectivity index (χ0v) is 12.5. The summed E-state index contributed by atoms with van der Waals surface area (Å²) in [4.78, 5) is 9.24. The van der Waals surface area contributed by atoms with Gasteiger partial charge in [0, 0.05) is 6.54 Å². The van der Waals surface area contributed by atoms with Crippen molar-refractivity contribution in [2.24, 2.45) is 5.92 Å². The Hall–Kier alpha value is -0.980. The van der Waals surface area contributed by atoms with E-state index in [4.69, 9.17) is 4.52 Å². The Labute approximate surface area is 120 Å². The molecule has 2 heterocycles. The van der Waals surface area contributed by atoms with Gasteiger partial charge >= 0.3 is 0 Å². The molecule has 0 aromatic carbocycles. The van der Waals surface area contributed by atoms with Gasteiger partial charge in [0.2, 0.25) is 5.89 Å². The standard InChI is InChI=1S/C14H25N5O/c1-18-6-3-7-19(2)12(10-18)14-16-13(20-17-14)9-15-8-11-4-5-11/h11-12,15H,3-10H2,1-2H3. The maximum Gasteiger partial charge on any atom is 0.240 e. The van der Waals surface area contributed by atoms with E-state index < -0.39 is 0 Å². The summed E-state index contributed by atoms with van der Waals surface area (Å²) in [7, 11) is 4.30. The monoisotopic (exact) mass is 279 g/mol. The van der Waals surface area contributed by atoms with Crippen LogP contribution in [0.2, 0.25) is 0 Å². The molecule has 3 rings (SSSR count). The van der Waals surface area contributed by atoms with Crippen LogP contribution in [0.15, 0.2) is 4.52 Å². The maximum absolute atomic E-state index is 5.38. The van der Waals surface area contributed by atoms with Crippen LogP contribution in [0.1, 0.15) is 37.0 Å². The van der Waals surface area contributed by atoms with E-state index in [1.807, 2.05) is 0 Å². The summed E-state index contributed by atoms with van der Waals surface area (Å²) in [5, 5.41) is 7.58. The number of hydrogen-bond acceptors (Lipinski definition) is 6. The SMILES string of the molecule is CN1CCCN(C)C(c2noc(CNCC3CC3)n2)C1. The lowest BCUT2D eigenvalue weighted by atomic mass is 10.2. The third-order valence-corrected chi connectivity index (χ3v) is 4.26. The van der Waals surface area contributed by atoms with Gasteiger partial charge in [-0.1, -0.05) is 5.16 Å². The van der Waals surface area contributed by atoms with Crippen LogP contribution in [0.3, 0.4) is 0 Å². The fraction of sp³-hybridized carbons (Fsp3) is 0.857. The molecule has 1 aliphatic heterocycles. The fourth-order valence-corrected chi connectivity index (χ4v) is 2.73. The smallest absolute Gasteiger partial charge is 0.240 e. The van der Waals surface area contributed by atoms with E-state index in [1.165, 1.54) is 19.3 Å². The molecule has 1 aromatic heterocycles. The highest BCUT2D eigenvalue weighted by Crippen LogP contribution is 2.27. The van der Waals surface area contributed by atoms with Crippen LogP contribution >= 0.6 is 0 Å². The lowest BCUT2D eigenvalue weighted by molar-refractivity contribution is 0.214. The van der Waals surface area contributed by atoms with Gasteiger partial charge in [-0.2, -0.15) is 4.98 Å². The van der Waals surface area contributed by atoms with Crippen molar-refractivity contribution in [3.8, 4) is 0 Å². The highest BCUT2D eigenvalue weighted by atomic mass is 16.5. The van der Waals surface area contributed by atoms with Crippen molar-refractivity contribution in [1.29, 1.82) is 0 Å². The molecule has 20 heavy (non-hydrogen) atoms. The minimum Gasteiger partial charge on any atom is -0.338 e. The lowest BCUT2D eigenvalue weighted by Crippen LogP contribution is -2.31. The molecule has 6 nitrogen and oxygen atoms in total. The Morgan fingerprint density at radius 3 is 2.95 bits per heavy atom. The Morgan fingerprint density at radius 2 is 2.15 bits per heavy atom. The van der Waals surface area contributed by atoms with E-state index >= 15 is 0 Å². The van der Waals surface area contributed by atoms with Gasteiger partial charge in [-0.25, -0.2) is 0 Å². The molecule has 0 bridgehead atoms. The van der Waals surface area contributed by atoms with Crippen molar-refractivity contribution in [2.45, 2.75) is 31.8 Å². The Morgan fingerprint density at radius 1 is 1.30 bits per heavy atom. The van der Waals surface area contributed by atoms with Gasteiger partial charge in [0.1, 0.15) is 0 Å². The summed E-state index contributed by atoms with van der Waals surface area (Å²) < 4.78 is 5.38. The summed E-state index contributed by atoms with van der Waals surface area (Å²) in [6.45, 7) is 4.94. The molecular weight excluding hydrogens is 254 g/mol. The first kappa shape index (κ1) is 14.0. The summed E-state index contributed by atoms with van der Waals surface area (Å²) in [6, 6.07) is 0.239. The Balaban J connectivity index is 1.58. The molecule has 1 unspecified atom stereocenters. The first-order valence-corrected chi connectivity index (χ1v) is 7.64. The van der Waals surface area contributed by atoms with Crippen molar-refractivity contribution >= 4 is 0 Å². The molecule has 1 aromatic rings. The number of rotatable bonds is 5. The normalized spacial score (nSPS) is 25.8. The largest absolute Gasteiger partial charge is 0.338 e. The number of hydrogen-bond donors (Lipinski definition) is 1. The average molecular weight is 279 g/mol. The number of nitrogens with zero attached hydrogens (tertiary/aromatic N) is 4. The van der Waals surface area contributed by atoms with E-state index in [-0.39, 0.29) is 6.04 Å². The molecule has 2 fully saturated rings. The van der Waals surface area contributed by atoms with E-state index in [9.17, 15) is 0 Å². The molecule has 1 aliphatic carbocycles. The van der Waals surface area contributed by atoms with Gasteiger partial charge in [-0.3, -0.25) is 4.90 Å². The number of aromatic nitrogens is 2. The first-order chi connectivity index (χ1) is 9.72. The molecule has 1 saturated carbocycles. The quantitative estimate of drug-likeness (QED) is 0.863. The van der Waals surface area contributed by atoms with Gasteiger partial charge in [-0.05, 0) is 58.9 Å². The molecule has 1 saturated heterocycles. The van der Waals surface area contributed by atoms with Gasteiger partial charge in [0.25, 0.3) is 0 Å². The van der Waals surface area contributed by atoms with Gasteiger partial charge in [-0.15, -0.1) is 0 Å². The van der Waals surface area contributed by atoms with E-state index in [2.05, 4.69) is 39.4 Å². The van der Waals surface area contributed by atoms with E-state index in [1.54, 1.807) is 0 Å². The molecule has 1 atom stereocenters. The second-order valence-corrected chi connectivity index (χ2v) is 6.23. The van der Waals surface area contributed by atoms with Crippen molar-refractivity contribution in [3.63, 3.8) is 0 Å². The van der Waals surface area contributed by atoms with Gasteiger partial charge < -0.3 is 14.7 Å². The fourth-order valence-electron chi connectivity index (χ4n) is 2.73. The zero-order chi connectivity index (χ0) is 13.9. The Bertz CT molecular complexity index is 431. The van der Waals surface area contributed by atoms with Crippen molar-refractivity contribution in [3.05, 3.63) is 11.7 Å². The van der Waals surface area contributed by atoms with Gasteiger partial charge in [0.05, 0.1) is 12.6 Å². The van der Waals surface area contributed by atoms with E-state index in [0.29, 0.717) is 12.4 Å². The molecule has 2 aliphatic rings. The molecule has 112 valence electrons. The third-order valence-electron chi connectivity index (χ3n) is 4.26. The predicted molar refractivity (Wildman–Crippen MR) is 76.2 cm³/mol. The third kappa shape index (κ3) is 3.56. The van der Waals surface area contributed by atoms with Crippen molar-refractivity contribution in [2.75, 3.05) is 40.3 Å². The molecule has 1 N–H and O–H groups in total. The summed E-state index contributed by atoms with van der Waals surface area (Å²) in [5.74, 6) is 2.41. The number of likely N-dealkylation sites (N-methyl/N-ethyl adjacent to an activating group) is 2. The van der Waals surface area contributed by atoms with Crippen LogP contribution in [0.4, 0.5) is 0 Å². The zero-order valence-electron chi connectivity index (χ0n) is 12.5. The number of nitrogens with one attached hydrogen (secondary N) is 1. The first-order valence-electron chi connectivity index (χ1n) is 7.64. The minimum absolute atomic E-state index is 0.239. The summed E-state index contributed by atoms with van der Waals surface area (Å²) in [6.07, 6.45) is 3.92. The predicted octanol–water partition coefficient (Wildman–Crippen LogP) is 0.878. The van der Waals surface area contributed by atoms with Crippen LogP contribution in [0, 0.1) is 5.92 Å². The van der Waals surface area contributed by atoms with Crippen LogP contribution in [0.25, 0.3) is 0 Å². The molecule has 0 amide bonds. The Kier molecular flexibility index (Phi) is 4.33. The summed E-state index contributed by atoms with van der Waals surface area (Å²) >= 11 is 0. The highest BCUT2D eigenvalue weighted by Gasteiger charge is 2.26. The lowest BCUT2D eigenvalue weighted by Gasteiger charge is -2.24. The minimum atomic E-state index is 0.239. The van der Waals surface area contributed by atoms with Crippen LogP contribution < -0.4 is 5.32 Å². The maximum atomic E-state index is 5.38. The van der Waals surface area contributed by atoms with Crippen LogP contribution in [-0.2, 0) is 6.54 Å². The van der Waals surface area contributed by atoms with Crippen molar-refractivity contribution in [1.82, 2.24) is 25.3 Å². The van der Waals surface area contributed by atoms with Gasteiger partial charge in [0.15, 0.2) is 5.82 Å². The second-order valence-electron chi connectivity index (χ2n) is 6.23. The second kappa shape index (κ2) is 6.20. The molecule has 0 spiro atoms.